The number of halogens is 1. The van der Waals surface area contributed by atoms with Crippen LogP contribution in [0.25, 0.3) is 32.4 Å². The van der Waals surface area contributed by atoms with E-state index in [2.05, 4.69) is 10.0 Å². The second-order valence-electron chi connectivity index (χ2n) is 7.38. The maximum absolute atomic E-state index is 11.9. The van der Waals surface area contributed by atoms with Crippen LogP contribution in [0.2, 0.25) is 0 Å². The van der Waals surface area contributed by atoms with Crippen LogP contribution < -0.4 is 26.1 Å². The van der Waals surface area contributed by atoms with Crippen LogP contribution >= 0.6 is 12.4 Å². The molecular formula is C24H25ClN4O6. The summed E-state index contributed by atoms with van der Waals surface area (Å²) in [6.45, 7) is 3.99. The average molecular weight is 501 g/mol. The summed E-state index contributed by atoms with van der Waals surface area (Å²) >= 11 is 0. The molecule has 0 fully saturated rings. The standard InChI is InChI=1S/C12H11N3O3.C12H13NO3.ClH/c1-7-3-12-9(5-11(7)17-2)10(16)4-8(18-12)6-14-15-13;1-7-3-12-9(5-11(7)15-2)10(14)4-8(6-13)16-12;/h3-5H,6H2,1-2H3;3-5H,6,13H2,1-2H3;1H. The van der Waals surface area contributed by atoms with Gasteiger partial charge in [-0.2, -0.15) is 0 Å². The summed E-state index contributed by atoms with van der Waals surface area (Å²) in [5.41, 5.74) is 16.2. The van der Waals surface area contributed by atoms with Crippen molar-refractivity contribution in [3.8, 4) is 11.5 Å². The summed E-state index contributed by atoms with van der Waals surface area (Å²) in [5.74, 6) is 2.15. The minimum Gasteiger partial charge on any atom is -0.496 e. The smallest absolute Gasteiger partial charge is 0.193 e. The molecule has 0 saturated carbocycles. The first-order valence-corrected chi connectivity index (χ1v) is 10.2. The molecule has 2 heterocycles. The van der Waals surface area contributed by atoms with Crippen LogP contribution in [0.15, 0.2) is 59.9 Å². The third kappa shape index (κ3) is 6.13. The van der Waals surface area contributed by atoms with Gasteiger partial charge in [-0.1, -0.05) is 5.11 Å². The Kier molecular flexibility index (Phi) is 9.30. The Morgan fingerprint density at radius 2 is 1.31 bits per heavy atom. The van der Waals surface area contributed by atoms with E-state index in [-0.39, 0.29) is 36.4 Å². The molecule has 2 aromatic heterocycles. The molecule has 4 rings (SSSR count). The Hall–Kier alpha value is -3.98. The second kappa shape index (κ2) is 11.9. The fraction of sp³-hybridized carbons (Fsp3) is 0.250. The lowest BCUT2D eigenvalue weighted by molar-refractivity contribution is 0.411. The Morgan fingerprint density at radius 1 is 0.857 bits per heavy atom. The van der Waals surface area contributed by atoms with Crippen LogP contribution in [0, 0.1) is 13.8 Å². The molecule has 2 aromatic carbocycles. The summed E-state index contributed by atoms with van der Waals surface area (Å²) in [6.07, 6.45) is 0. The molecule has 0 unspecified atom stereocenters. The van der Waals surface area contributed by atoms with Gasteiger partial charge < -0.3 is 24.0 Å². The fourth-order valence-corrected chi connectivity index (χ4v) is 3.39. The van der Waals surface area contributed by atoms with Gasteiger partial charge in [0, 0.05) is 17.0 Å². The van der Waals surface area contributed by atoms with E-state index in [1.54, 1.807) is 38.5 Å². The van der Waals surface area contributed by atoms with E-state index < -0.39 is 0 Å². The molecule has 35 heavy (non-hydrogen) atoms. The minimum atomic E-state index is -0.183. The number of hydrogen-bond acceptors (Lipinski definition) is 8. The quantitative estimate of drug-likeness (QED) is 0.232. The number of nitrogens with zero attached hydrogens (tertiary/aromatic N) is 3. The van der Waals surface area contributed by atoms with E-state index >= 15 is 0 Å². The Balaban J connectivity index is 0.000000241. The molecule has 4 aromatic rings. The van der Waals surface area contributed by atoms with Crippen molar-refractivity contribution in [1.82, 2.24) is 0 Å². The number of ether oxygens (including phenoxy) is 2. The van der Waals surface area contributed by atoms with Gasteiger partial charge >= 0.3 is 0 Å². The van der Waals surface area contributed by atoms with Gasteiger partial charge in [0.25, 0.3) is 0 Å². The second-order valence-corrected chi connectivity index (χ2v) is 7.38. The number of rotatable bonds is 5. The predicted octanol–water partition coefficient (Wildman–Crippen LogP) is 4.91. The third-order valence-electron chi connectivity index (χ3n) is 5.08. The largest absolute Gasteiger partial charge is 0.496 e. The van der Waals surface area contributed by atoms with Crippen LogP contribution in [0.3, 0.4) is 0 Å². The van der Waals surface area contributed by atoms with Crippen LogP contribution in [-0.4, -0.2) is 14.2 Å². The molecule has 184 valence electrons. The van der Waals surface area contributed by atoms with E-state index in [1.165, 1.54) is 12.1 Å². The number of nitrogens with two attached hydrogens (primary N) is 1. The molecule has 0 spiro atoms. The molecule has 2 N–H and O–H groups in total. The number of hydrogen-bond donors (Lipinski definition) is 1. The number of azide groups is 1. The van der Waals surface area contributed by atoms with Gasteiger partial charge in [-0.05, 0) is 54.8 Å². The van der Waals surface area contributed by atoms with E-state index in [9.17, 15) is 9.59 Å². The highest BCUT2D eigenvalue weighted by atomic mass is 35.5. The SMILES string of the molecule is COc1cc2c(=O)cc(CN)oc2cc1C.COc1cc2c(=O)cc(CN=[N+]=[N-])oc2cc1C.Cl. The van der Waals surface area contributed by atoms with Gasteiger partial charge in [-0.15, -0.1) is 12.4 Å². The summed E-state index contributed by atoms with van der Waals surface area (Å²) < 4.78 is 21.3. The zero-order valence-electron chi connectivity index (χ0n) is 19.7. The van der Waals surface area contributed by atoms with Crippen LogP contribution in [0.4, 0.5) is 0 Å². The first kappa shape index (κ1) is 27.3. The van der Waals surface area contributed by atoms with E-state index in [0.717, 1.165) is 11.1 Å². The van der Waals surface area contributed by atoms with E-state index in [4.69, 9.17) is 29.6 Å². The first-order chi connectivity index (χ1) is 16.3. The van der Waals surface area contributed by atoms with Crippen molar-refractivity contribution in [1.29, 1.82) is 0 Å². The molecule has 0 radical (unpaired) electrons. The van der Waals surface area contributed by atoms with Gasteiger partial charge in [-0.3, -0.25) is 9.59 Å². The molecule has 0 aliphatic heterocycles. The first-order valence-electron chi connectivity index (χ1n) is 10.2. The topological polar surface area (TPSA) is 154 Å². The summed E-state index contributed by atoms with van der Waals surface area (Å²) in [7, 11) is 3.12. The van der Waals surface area contributed by atoms with Gasteiger partial charge in [0.05, 0.1) is 38.1 Å². The Morgan fingerprint density at radius 3 is 1.74 bits per heavy atom. The zero-order chi connectivity index (χ0) is 24.8. The van der Waals surface area contributed by atoms with Crippen molar-refractivity contribution in [3.05, 3.63) is 89.9 Å². The van der Waals surface area contributed by atoms with Crippen molar-refractivity contribution in [2.45, 2.75) is 26.9 Å². The van der Waals surface area contributed by atoms with Crippen LogP contribution in [-0.2, 0) is 13.1 Å². The molecule has 0 bridgehead atoms. The molecule has 0 aliphatic carbocycles. The lowest BCUT2D eigenvalue weighted by Gasteiger charge is -2.06. The maximum Gasteiger partial charge on any atom is 0.193 e. The summed E-state index contributed by atoms with van der Waals surface area (Å²) in [5, 5.41) is 4.33. The van der Waals surface area contributed by atoms with Crippen LogP contribution in [0.5, 0.6) is 11.5 Å². The van der Waals surface area contributed by atoms with Gasteiger partial charge in [-0.25, -0.2) is 0 Å². The lowest BCUT2D eigenvalue weighted by atomic mass is 10.1. The summed E-state index contributed by atoms with van der Waals surface area (Å²) in [4.78, 5) is 26.3. The average Bonchev–Trinajstić information content (AvgIpc) is 2.82. The van der Waals surface area contributed by atoms with Crippen molar-refractivity contribution in [3.63, 3.8) is 0 Å². The molecule has 0 atom stereocenters. The molecular weight excluding hydrogens is 476 g/mol. The fourth-order valence-electron chi connectivity index (χ4n) is 3.39. The third-order valence-corrected chi connectivity index (χ3v) is 5.08. The maximum atomic E-state index is 11.9. The van der Waals surface area contributed by atoms with Gasteiger partial charge in [0.15, 0.2) is 10.9 Å². The van der Waals surface area contributed by atoms with Crippen molar-refractivity contribution >= 4 is 34.3 Å². The van der Waals surface area contributed by atoms with E-state index in [1.807, 2.05) is 13.8 Å². The number of methoxy groups -OCH3 is 2. The van der Waals surface area contributed by atoms with Gasteiger partial charge in [0.1, 0.15) is 34.2 Å². The molecule has 0 saturated heterocycles. The number of benzene rings is 2. The molecule has 0 amide bonds. The molecule has 11 heteroatoms. The zero-order valence-corrected chi connectivity index (χ0v) is 20.5. The Labute approximate surface area is 206 Å². The summed E-state index contributed by atoms with van der Waals surface area (Å²) in [6, 6.07) is 9.59. The normalized spacial score (nSPS) is 10.1. The Bertz CT molecular complexity index is 1520. The highest BCUT2D eigenvalue weighted by Gasteiger charge is 2.09. The monoisotopic (exact) mass is 500 g/mol. The van der Waals surface area contributed by atoms with Crippen molar-refractivity contribution in [2.24, 2.45) is 10.8 Å². The molecule has 10 nitrogen and oxygen atoms in total. The number of fused-ring (bicyclic) bond motifs is 2. The minimum absolute atomic E-state index is 0. The highest BCUT2D eigenvalue weighted by Crippen LogP contribution is 2.25. The van der Waals surface area contributed by atoms with Crippen molar-refractivity contribution in [2.75, 3.05) is 14.2 Å². The predicted molar refractivity (Wildman–Crippen MR) is 136 cm³/mol. The van der Waals surface area contributed by atoms with Gasteiger partial charge in [0.2, 0.25) is 0 Å². The van der Waals surface area contributed by atoms with E-state index in [0.29, 0.717) is 45.0 Å². The van der Waals surface area contributed by atoms with Crippen LogP contribution in [0.1, 0.15) is 22.6 Å². The number of aryl methyl sites for hydroxylation is 2. The van der Waals surface area contributed by atoms with Crippen molar-refractivity contribution < 1.29 is 18.3 Å². The lowest BCUT2D eigenvalue weighted by Crippen LogP contribution is -2.06. The molecule has 0 aliphatic rings. The highest BCUT2D eigenvalue weighted by molar-refractivity contribution is 5.85.